The molecular weight excluding hydrogens is 725 g/mol. The SMILES string of the molecule is C1CCCC1.Cc1cc(F)cc(F)c1-c1n(-c2c(C(C)C)cc(C3CCCC3)cc2C(C)C)c2ccccc2[n+]1C.[CH3-].[CH3-].[Os+2]. The van der Waals surface area contributed by atoms with E-state index in [1.807, 2.05) is 19.2 Å². The summed E-state index contributed by atoms with van der Waals surface area (Å²) < 4.78 is 33.9. The van der Waals surface area contributed by atoms with Gasteiger partial charge in [-0.15, -0.1) is 0 Å². The van der Waals surface area contributed by atoms with Crippen LogP contribution >= 0.6 is 0 Å². The van der Waals surface area contributed by atoms with Gasteiger partial charge >= 0.3 is 19.8 Å². The number of nitrogens with zero attached hydrogens (tertiary/aromatic N) is 2. The number of aromatic nitrogens is 2. The van der Waals surface area contributed by atoms with Crippen molar-refractivity contribution in [2.45, 2.75) is 110 Å². The Kier molecular flexibility index (Phi) is 14.0. The van der Waals surface area contributed by atoms with Crippen LogP contribution in [0.15, 0.2) is 48.5 Å². The Balaban J connectivity index is 0.000000769. The number of para-hydroxylation sites is 2. The quantitative estimate of drug-likeness (QED) is 0.141. The molecule has 0 aliphatic heterocycles. The minimum atomic E-state index is -0.550. The molecule has 4 aromatic rings. The summed E-state index contributed by atoms with van der Waals surface area (Å²) in [6.45, 7) is 10.8. The summed E-state index contributed by atoms with van der Waals surface area (Å²) in [5, 5.41) is 0. The van der Waals surface area contributed by atoms with Crippen LogP contribution in [0.3, 0.4) is 0 Å². The third kappa shape index (κ3) is 7.53. The first-order valence-electron chi connectivity index (χ1n) is 15.8. The molecule has 2 nitrogen and oxygen atoms in total. The second-order valence-corrected chi connectivity index (χ2v) is 12.9. The van der Waals surface area contributed by atoms with Crippen LogP contribution in [0.1, 0.15) is 125 Å². The van der Waals surface area contributed by atoms with Gasteiger partial charge in [0.15, 0.2) is 11.0 Å². The average molecular weight is 778 g/mol. The molecule has 0 amide bonds. The monoisotopic (exact) mass is 779 g/mol. The van der Waals surface area contributed by atoms with Gasteiger partial charge in [0.1, 0.15) is 22.9 Å². The van der Waals surface area contributed by atoms with Crippen molar-refractivity contribution >= 4 is 11.0 Å². The molecule has 5 heteroatoms. The van der Waals surface area contributed by atoms with Gasteiger partial charge in [-0.05, 0) is 66.8 Å². The number of rotatable bonds is 5. The Hall–Kier alpha value is -2.37. The molecule has 2 saturated carbocycles. The molecule has 1 aromatic heterocycles. The molecule has 0 atom stereocenters. The van der Waals surface area contributed by atoms with E-state index in [0.717, 1.165) is 28.6 Å². The number of benzene rings is 3. The van der Waals surface area contributed by atoms with Crippen molar-refractivity contribution in [3.63, 3.8) is 0 Å². The Bertz CT molecular complexity index is 1470. The van der Waals surface area contributed by atoms with Gasteiger partial charge < -0.3 is 14.9 Å². The van der Waals surface area contributed by atoms with E-state index in [1.54, 1.807) is 6.92 Å². The van der Waals surface area contributed by atoms with Gasteiger partial charge in [0.05, 0.1) is 7.05 Å². The summed E-state index contributed by atoms with van der Waals surface area (Å²) in [5.41, 5.74) is 8.21. The third-order valence-electron chi connectivity index (χ3n) is 9.22. The molecule has 0 radical (unpaired) electrons. The molecule has 3 aromatic carbocycles. The van der Waals surface area contributed by atoms with E-state index in [4.69, 9.17) is 0 Å². The summed E-state index contributed by atoms with van der Waals surface area (Å²) in [4.78, 5) is 0. The van der Waals surface area contributed by atoms with Crippen molar-refractivity contribution in [2.24, 2.45) is 7.05 Å². The molecule has 2 aliphatic carbocycles. The van der Waals surface area contributed by atoms with Crippen molar-refractivity contribution in [3.05, 3.63) is 97.3 Å². The van der Waals surface area contributed by atoms with Crippen LogP contribution in [0.2, 0.25) is 0 Å². The molecule has 44 heavy (non-hydrogen) atoms. The van der Waals surface area contributed by atoms with Crippen LogP contribution in [-0.4, -0.2) is 4.57 Å². The van der Waals surface area contributed by atoms with Crippen LogP contribution in [0, 0.1) is 33.4 Å². The normalized spacial score (nSPS) is 14.7. The molecule has 0 unspecified atom stereocenters. The van der Waals surface area contributed by atoms with Crippen LogP contribution < -0.4 is 4.57 Å². The van der Waals surface area contributed by atoms with E-state index in [2.05, 4.69) is 61.1 Å². The van der Waals surface area contributed by atoms with E-state index in [0.29, 0.717) is 17.0 Å². The summed E-state index contributed by atoms with van der Waals surface area (Å²) in [6, 6.07) is 15.5. The number of hydrogen-bond acceptors (Lipinski definition) is 0. The van der Waals surface area contributed by atoms with Crippen LogP contribution in [0.5, 0.6) is 0 Å². The summed E-state index contributed by atoms with van der Waals surface area (Å²) in [5.74, 6) is 0.846. The second-order valence-electron chi connectivity index (χ2n) is 12.9. The smallest absolute Gasteiger partial charge is 0.358 e. The maximum atomic E-state index is 15.5. The number of fused-ring (bicyclic) bond motifs is 1. The number of imidazole rings is 1. The van der Waals surface area contributed by atoms with E-state index in [9.17, 15) is 4.39 Å². The zero-order chi connectivity index (χ0) is 29.3. The number of halogens is 2. The molecule has 2 aliphatic rings. The van der Waals surface area contributed by atoms with Gasteiger partial charge in [0.2, 0.25) is 0 Å². The maximum absolute atomic E-state index is 15.5. The Morgan fingerprint density at radius 2 is 1.30 bits per heavy atom. The third-order valence-corrected chi connectivity index (χ3v) is 9.22. The standard InChI is InChI=1S/C32H37F2N2.C5H10.2CH3.Os/c1-19(2)25-16-23(22-11-7-8-12-22)17-26(20(3)4)31(25)36-29-14-10-9-13-28(29)35(6)32(36)30-21(5)15-24(33)18-27(30)34;1-2-4-5-3-1;;;/h9-10,13-20,22H,7-8,11-12H2,1-6H3;1-5H2;2*1H3;/q+1;;2*-1;+2. The predicted molar refractivity (Wildman–Crippen MR) is 180 cm³/mol. The minimum absolute atomic E-state index is 0. The summed E-state index contributed by atoms with van der Waals surface area (Å²) in [6.07, 6.45) is 12.6. The molecule has 0 saturated heterocycles. The largest absolute Gasteiger partial charge is 2.00 e. The molecular formula is C39H53F2N2Os+. The van der Waals surface area contributed by atoms with E-state index >= 15 is 4.39 Å². The zero-order valence-electron chi connectivity index (χ0n) is 28.2. The van der Waals surface area contributed by atoms with E-state index < -0.39 is 11.6 Å². The molecule has 1 heterocycles. The second kappa shape index (κ2) is 16.3. The first-order valence-corrected chi connectivity index (χ1v) is 15.8. The maximum Gasteiger partial charge on any atom is 2.00 e. The van der Waals surface area contributed by atoms with Crippen LogP contribution in [0.4, 0.5) is 8.78 Å². The van der Waals surface area contributed by atoms with E-state index in [-0.39, 0.29) is 46.5 Å². The average Bonchev–Trinajstić information content (AvgIpc) is 3.72. The van der Waals surface area contributed by atoms with Crippen LogP contribution in [-0.2, 0) is 26.8 Å². The topological polar surface area (TPSA) is 8.81 Å². The molecule has 0 N–H and O–H groups in total. The Morgan fingerprint density at radius 3 is 1.80 bits per heavy atom. The Morgan fingerprint density at radius 1 is 0.773 bits per heavy atom. The van der Waals surface area contributed by atoms with Gasteiger partial charge in [-0.2, -0.15) is 4.57 Å². The van der Waals surface area contributed by atoms with Gasteiger partial charge in [-0.1, -0.05) is 96.9 Å². The zero-order valence-corrected chi connectivity index (χ0v) is 30.8. The predicted octanol–water partition coefficient (Wildman–Crippen LogP) is 11.5. The van der Waals surface area contributed by atoms with Crippen molar-refractivity contribution in [1.82, 2.24) is 4.57 Å². The molecule has 2 fully saturated rings. The van der Waals surface area contributed by atoms with Gasteiger partial charge in [-0.25, -0.2) is 13.3 Å². The molecule has 240 valence electrons. The van der Waals surface area contributed by atoms with Crippen molar-refractivity contribution in [2.75, 3.05) is 0 Å². The van der Waals surface area contributed by atoms with Crippen molar-refractivity contribution in [1.29, 1.82) is 0 Å². The van der Waals surface area contributed by atoms with E-state index in [1.165, 1.54) is 80.5 Å². The fourth-order valence-electron chi connectivity index (χ4n) is 7.03. The molecule has 0 spiro atoms. The summed E-state index contributed by atoms with van der Waals surface area (Å²) >= 11 is 0. The Labute approximate surface area is 279 Å². The van der Waals surface area contributed by atoms with Gasteiger partial charge in [0.25, 0.3) is 5.82 Å². The van der Waals surface area contributed by atoms with Crippen molar-refractivity contribution in [3.8, 4) is 17.1 Å². The van der Waals surface area contributed by atoms with Gasteiger partial charge in [-0.3, -0.25) is 0 Å². The fourth-order valence-corrected chi connectivity index (χ4v) is 7.03. The summed E-state index contributed by atoms with van der Waals surface area (Å²) in [7, 11) is 1.98. The number of aryl methyl sites for hydroxylation is 2. The van der Waals surface area contributed by atoms with Crippen molar-refractivity contribution < 1.29 is 33.1 Å². The minimum Gasteiger partial charge on any atom is -0.358 e. The van der Waals surface area contributed by atoms with Gasteiger partial charge in [0, 0.05) is 17.2 Å². The molecule has 0 bridgehead atoms. The molecule has 6 rings (SSSR count). The number of hydrogen-bond donors (Lipinski definition) is 0. The first-order chi connectivity index (χ1) is 19.7. The van der Waals surface area contributed by atoms with Crippen LogP contribution in [0.25, 0.3) is 28.1 Å². The first kappa shape index (κ1) is 37.8. The fraction of sp³-hybridized carbons (Fsp3) is 0.462.